The summed E-state index contributed by atoms with van der Waals surface area (Å²) >= 11 is 0. The van der Waals surface area contributed by atoms with Gasteiger partial charge in [0.15, 0.2) is 0 Å². The standard InChI is InChI=1S/C22H18F4N4O3/c23-13-9-29(5-6-32-10-13)21(31)17-7-18-15(8-27-17)20(28-30(18)12-22(24,25)26)16-11-33-19-4-2-1-3-14(16)19/h1-4,7-8,11,13H,5-6,9-10,12H2. The molecule has 0 saturated carbocycles. The Hall–Kier alpha value is -3.47. The molecule has 1 saturated heterocycles. The molecule has 1 atom stereocenters. The number of amides is 1. The molecule has 0 N–H and O–H groups in total. The van der Waals surface area contributed by atoms with Gasteiger partial charge in [-0.25, -0.2) is 4.39 Å². The Kier molecular flexibility index (Phi) is 5.28. The molecule has 4 heterocycles. The van der Waals surface area contributed by atoms with Crippen molar-refractivity contribution in [2.45, 2.75) is 18.9 Å². The minimum Gasteiger partial charge on any atom is -0.464 e. The number of alkyl halides is 4. The van der Waals surface area contributed by atoms with Crippen molar-refractivity contribution in [3.8, 4) is 11.3 Å². The zero-order valence-electron chi connectivity index (χ0n) is 17.2. The molecule has 1 unspecified atom stereocenters. The molecule has 33 heavy (non-hydrogen) atoms. The summed E-state index contributed by atoms with van der Waals surface area (Å²) in [5.74, 6) is -0.583. The van der Waals surface area contributed by atoms with Crippen LogP contribution in [0.2, 0.25) is 0 Å². The van der Waals surface area contributed by atoms with Crippen molar-refractivity contribution in [1.29, 1.82) is 0 Å². The van der Waals surface area contributed by atoms with Crippen LogP contribution in [0.1, 0.15) is 10.5 Å². The van der Waals surface area contributed by atoms with Crippen LogP contribution in [-0.2, 0) is 11.3 Å². The number of para-hydroxylation sites is 1. The molecule has 1 amide bonds. The van der Waals surface area contributed by atoms with E-state index in [1.54, 1.807) is 24.3 Å². The number of fused-ring (bicyclic) bond motifs is 2. The van der Waals surface area contributed by atoms with Crippen molar-refractivity contribution in [3.63, 3.8) is 0 Å². The number of hydrogen-bond acceptors (Lipinski definition) is 5. The second-order valence-electron chi connectivity index (χ2n) is 7.78. The molecule has 0 radical (unpaired) electrons. The maximum Gasteiger partial charge on any atom is 0.408 e. The SMILES string of the molecule is O=C(c1cc2c(cn1)c(-c1coc3ccccc13)nn2CC(F)(F)F)N1CCOCC(F)C1. The van der Waals surface area contributed by atoms with Gasteiger partial charge >= 0.3 is 6.18 Å². The molecule has 1 fully saturated rings. The van der Waals surface area contributed by atoms with E-state index in [1.807, 2.05) is 0 Å². The fraction of sp³-hybridized carbons (Fsp3) is 0.318. The number of hydrogen-bond donors (Lipinski definition) is 0. The number of halogens is 4. The molecular weight excluding hydrogens is 444 g/mol. The number of pyridine rings is 1. The highest BCUT2D eigenvalue weighted by Crippen LogP contribution is 2.35. The lowest BCUT2D eigenvalue weighted by Crippen LogP contribution is -2.37. The Morgan fingerprint density at radius 2 is 2.03 bits per heavy atom. The fourth-order valence-electron chi connectivity index (χ4n) is 3.95. The normalized spacial score (nSPS) is 17.6. The minimum absolute atomic E-state index is 0.0915. The van der Waals surface area contributed by atoms with Gasteiger partial charge in [-0.2, -0.15) is 18.3 Å². The molecule has 1 aromatic carbocycles. The van der Waals surface area contributed by atoms with Gasteiger partial charge in [0.05, 0.1) is 25.3 Å². The second-order valence-corrected chi connectivity index (χ2v) is 7.78. The predicted molar refractivity (Wildman–Crippen MR) is 110 cm³/mol. The average molecular weight is 462 g/mol. The zero-order chi connectivity index (χ0) is 23.2. The van der Waals surface area contributed by atoms with Crippen molar-refractivity contribution < 1.29 is 31.5 Å². The number of carbonyl (C=O) groups excluding carboxylic acids is 1. The third kappa shape index (κ3) is 4.15. The Morgan fingerprint density at radius 1 is 1.21 bits per heavy atom. The van der Waals surface area contributed by atoms with E-state index in [0.29, 0.717) is 21.9 Å². The van der Waals surface area contributed by atoms with Gasteiger partial charge in [-0.3, -0.25) is 14.5 Å². The van der Waals surface area contributed by atoms with Gasteiger partial charge in [0, 0.05) is 29.1 Å². The number of aromatic nitrogens is 3. The first-order chi connectivity index (χ1) is 15.8. The fourth-order valence-corrected chi connectivity index (χ4v) is 3.95. The van der Waals surface area contributed by atoms with Crippen LogP contribution in [0.15, 0.2) is 47.2 Å². The number of rotatable bonds is 3. The first kappa shape index (κ1) is 21.4. The molecule has 11 heteroatoms. The molecular formula is C22H18F4N4O3. The van der Waals surface area contributed by atoms with Gasteiger partial charge in [-0.15, -0.1) is 0 Å². The van der Waals surface area contributed by atoms with E-state index in [1.165, 1.54) is 23.4 Å². The Labute approximate surface area is 184 Å². The highest BCUT2D eigenvalue weighted by atomic mass is 19.4. The third-order valence-corrected chi connectivity index (χ3v) is 5.43. The van der Waals surface area contributed by atoms with Gasteiger partial charge in [-0.05, 0) is 12.1 Å². The Balaban J connectivity index is 1.61. The molecule has 7 nitrogen and oxygen atoms in total. The second kappa shape index (κ2) is 8.14. The third-order valence-electron chi connectivity index (χ3n) is 5.43. The minimum atomic E-state index is -4.54. The van der Waals surface area contributed by atoms with E-state index in [4.69, 9.17) is 9.15 Å². The van der Waals surface area contributed by atoms with Crippen LogP contribution in [-0.4, -0.2) is 64.2 Å². The molecule has 1 aliphatic heterocycles. The monoisotopic (exact) mass is 462 g/mol. The van der Waals surface area contributed by atoms with Crippen molar-refractivity contribution in [3.05, 3.63) is 48.5 Å². The number of furan rings is 1. The van der Waals surface area contributed by atoms with Crippen molar-refractivity contribution in [2.24, 2.45) is 0 Å². The Bertz CT molecular complexity index is 1330. The van der Waals surface area contributed by atoms with E-state index in [0.717, 1.165) is 4.68 Å². The lowest BCUT2D eigenvalue weighted by molar-refractivity contribution is -0.141. The number of carbonyl (C=O) groups is 1. The molecule has 3 aromatic heterocycles. The first-order valence-corrected chi connectivity index (χ1v) is 10.2. The molecule has 1 aliphatic rings. The molecule has 0 spiro atoms. The van der Waals surface area contributed by atoms with Crippen LogP contribution < -0.4 is 0 Å². The summed E-state index contributed by atoms with van der Waals surface area (Å²) in [6.07, 6.45) is -3.13. The molecule has 172 valence electrons. The summed E-state index contributed by atoms with van der Waals surface area (Å²) in [4.78, 5) is 18.4. The maximum atomic E-state index is 13.9. The van der Waals surface area contributed by atoms with Crippen molar-refractivity contribution in [1.82, 2.24) is 19.7 Å². The van der Waals surface area contributed by atoms with Crippen LogP contribution >= 0.6 is 0 Å². The van der Waals surface area contributed by atoms with Gasteiger partial charge < -0.3 is 14.1 Å². The summed E-state index contributed by atoms with van der Waals surface area (Å²) < 4.78 is 65.2. The maximum absolute atomic E-state index is 13.9. The number of ether oxygens (including phenoxy) is 1. The molecule has 0 aliphatic carbocycles. The quantitative estimate of drug-likeness (QED) is 0.427. The van der Waals surface area contributed by atoms with Gasteiger partial charge in [-0.1, -0.05) is 18.2 Å². The van der Waals surface area contributed by atoms with E-state index in [2.05, 4.69) is 10.1 Å². The molecule has 4 aromatic rings. The average Bonchev–Trinajstić information content (AvgIpc) is 3.27. The topological polar surface area (TPSA) is 73.4 Å². The summed E-state index contributed by atoms with van der Waals surface area (Å²) in [6, 6.07) is 8.36. The number of nitrogens with zero attached hydrogens (tertiary/aromatic N) is 4. The summed E-state index contributed by atoms with van der Waals surface area (Å²) in [5.41, 5.74) is 1.34. The van der Waals surface area contributed by atoms with Crippen molar-refractivity contribution in [2.75, 3.05) is 26.3 Å². The summed E-state index contributed by atoms with van der Waals surface area (Å²) in [5, 5.41) is 5.23. The van der Waals surface area contributed by atoms with Crippen LogP contribution in [0.3, 0.4) is 0 Å². The van der Waals surface area contributed by atoms with Crippen LogP contribution in [0.25, 0.3) is 33.1 Å². The van der Waals surface area contributed by atoms with Gasteiger partial charge in [0.2, 0.25) is 0 Å². The Morgan fingerprint density at radius 3 is 2.85 bits per heavy atom. The van der Waals surface area contributed by atoms with Gasteiger partial charge in [0.1, 0.15) is 36.0 Å². The van der Waals surface area contributed by atoms with E-state index < -0.39 is 24.8 Å². The van der Waals surface area contributed by atoms with E-state index in [9.17, 15) is 22.4 Å². The highest BCUT2D eigenvalue weighted by molar-refractivity contribution is 6.03. The van der Waals surface area contributed by atoms with E-state index >= 15 is 0 Å². The zero-order valence-corrected chi connectivity index (χ0v) is 17.2. The highest BCUT2D eigenvalue weighted by Gasteiger charge is 2.31. The van der Waals surface area contributed by atoms with Crippen LogP contribution in [0.4, 0.5) is 17.6 Å². The van der Waals surface area contributed by atoms with Crippen LogP contribution in [0.5, 0.6) is 0 Å². The lowest BCUT2D eigenvalue weighted by Gasteiger charge is -2.20. The van der Waals surface area contributed by atoms with Gasteiger partial charge in [0.25, 0.3) is 5.91 Å². The molecule has 5 rings (SSSR count). The van der Waals surface area contributed by atoms with E-state index in [-0.39, 0.29) is 43.2 Å². The summed E-state index contributed by atoms with van der Waals surface area (Å²) in [6.45, 7) is -1.31. The smallest absolute Gasteiger partial charge is 0.408 e. The first-order valence-electron chi connectivity index (χ1n) is 10.2. The lowest BCUT2D eigenvalue weighted by atomic mass is 10.1. The summed E-state index contributed by atoms with van der Waals surface area (Å²) in [7, 11) is 0. The molecule has 0 bridgehead atoms. The largest absolute Gasteiger partial charge is 0.464 e. The number of benzene rings is 1. The predicted octanol–water partition coefficient (Wildman–Crippen LogP) is 4.22. The van der Waals surface area contributed by atoms with Crippen LogP contribution in [0, 0.1) is 0 Å². The van der Waals surface area contributed by atoms with Crippen molar-refractivity contribution >= 4 is 27.8 Å².